The first-order chi connectivity index (χ1) is 7.27. The van der Waals surface area contributed by atoms with Gasteiger partial charge in [0, 0.05) is 6.54 Å². The summed E-state index contributed by atoms with van der Waals surface area (Å²) in [6, 6.07) is 0. The summed E-state index contributed by atoms with van der Waals surface area (Å²) >= 11 is 0. The molecule has 4 N–H and O–H groups in total. The van der Waals surface area contributed by atoms with E-state index < -0.39 is 0 Å². The number of nitrogens with one attached hydrogen (secondary N) is 2. The number of aromatic nitrogens is 2. The van der Waals surface area contributed by atoms with E-state index in [2.05, 4.69) is 15.3 Å². The Morgan fingerprint density at radius 3 is 3.20 bits per heavy atom. The summed E-state index contributed by atoms with van der Waals surface area (Å²) in [7, 11) is 0. The van der Waals surface area contributed by atoms with E-state index in [1.54, 1.807) is 0 Å². The molecule has 82 valence electrons. The molecule has 6 heteroatoms. The Morgan fingerprint density at radius 1 is 1.60 bits per heavy atom. The number of hydrogen-bond donors (Lipinski definition) is 3. The summed E-state index contributed by atoms with van der Waals surface area (Å²) in [6.45, 7) is 1.78. The molecule has 0 saturated carbocycles. The number of aromatic amines is 1. The van der Waals surface area contributed by atoms with Crippen LogP contribution in [0.15, 0.2) is 11.1 Å². The number of piperidine rings is 1. The second-order valence-corrected chi connectivity index (χ2v) is 3.54. The molecule has 15 heavy (non-hydrogen) atoms. The third-order valence-electron chi connectivity index (χ3n) is 2.38. The zero-order valence-electron chi connectivity index (χ0n) is 8.32. The normalized spacial score (nSPS) is 21.2. The van der Waals surface area contributed by atoms with Gasteiger partial charge in [-0.1, -0.05) is 0 Å². The van der Waals surface area contributed by atoms with Crippen LogP contribution in [0.3, 0.4) is 0 Å². The van der Waals surface area contributed by atoms with E-state index in [1.807, 2.05) is 0 Å². The number of H-pyrrole nitrogens is 1. The molecule has 1 aromatic heterocycles. The van der Waals surface area contributed by atoms with Crippen molar-refractivity contribution >= 4 is 5.69 Å². The minimum Gasteiger partial charge on any atom is -0.471 e. The lowest BCUT2D eigenvalue weighted by molar-refractivity contribution is 0.161. The molecule has 0 radical (unpaired) electrons. The molecule has 0 bridgehead atoms. The molecule has 0 spiro atoms. The zero-order valence-corrected chi connectivity index (χ0v) is 8.32. The Bertz CT molecular complexity index is 384. The number of ether oxygens (including phenoxy) is 1. The monoisotopic (exact) mass is 210 g/mol. The van der Waals surface area contributed by atoms with Crippen molar-refractivity contribution in [3.05, 3.63) is 16.7 Å². The molecule has 0 amide bonds. The van der Waals surface area contributed by atoms with Gasteiger partial charge in [0.05, 0.1) is 6.33 Å². The number of rotatable bonds is 2. The summed E-state index contributed by atoms with van der Waals surface area (Å²) < 4.78 is 5.55. The summed E-state index contributed by atoms with van der Waals surface area (Å²) in [6.07, 6.45) is 3.37. The maximum atomic E-state index is 11.2. The second kappa shape index (κ2) is 4.31. The van der Waals surface area contributed by atoms with Crippen LogP contribution in [0, 0.1) is 0 Å². The van der Waals surface area contributed by atoms with Crippen molar-refractivity contribution in [2.24, 2.45) is 0 Å². The maximum Gasteiger partial charge on any atom is 0.277 e. The van der Waals surface area contributed by atoms with Gasteiger partial charge in [-0.2, -0.15) is 0 Å². The van der Waals surface area contributed by atoms with Crippen LogP contribution < -0.4 is 21.3 Å². The van der Waals surface area contributed by atoms with E-state index in [9.17, 15) is 4.79 Å². The average molecular weight is 210 g/mol. The van der Waals surface area contributed by atoms with Gasteiger partial charge >= 0.3 is 0 Å². The topological polar surface area (TPSA) is 93.0 Å². The number of nitrogens with zero attached hydrogens (tertiary/aromatic N) is 1. The molecule has 0 unspecified atom stereocenters. The summed E-state index contributed by atoms with van der Waals surface area (Å²) in [4.78, 5) is 17.5. The molecule has 0 aliphatic carbocycles. The van der Waals surface area contributed by atoms with Crippen LogP contribution in [0.2, 0.25) is 0 Å². The second-order valence-electron chi connectivity index (χ2n) is 3.54. The van der Waals surface area contributed by atoms with E-state index in [0.717, 1.165) is 25.9 Å². The van der Waals surface area contributed by atoms with Crippen molar-refractivity contribution in [1.29, 1.82) is 0 Å². The molecule has 1 atom stereocenters. The highest BCUT2D eigenvalue weighted by molar-refractivity contribution is 5.44. The summed E-state index contributed by atoms with van der Waals surface area (Å²) in [5.41, 5.74) is 5.23. The molecule has 2 rings (SSSR count). The summed E-state index contributed by atoms with van der Waals surface area (Å²) in [5, 5.41) is 3.21. The lowest BCUT2D eigenvalue weighted by atomic mass is 10.1. The number of anilines is 1. The molecule has 6 nitrogen and oxygen atoms in total. The van der Waals surface area contributed by atoms with Crippen molar-refractivity contribution in [2.75, 3.05) is 18.8 Å². The molecular weight excluding hydrogens is 196 g/mol. The fourth-order valence-corrected chi connectivity index (χ4v) is 1.57. The Kier molecular flexibility index (Phi) is 2.86. The smallest absolute Gasteiger partial charge is 0.277 e. The summed E-state index contributed by atoms with van der Waals surface area (Å²) in [5.74, 6) is 0.229. The minimum absolute atomic E-state index is 0.0445. The fourth-order valence-electron chi connectivity index (χ4n) is 1.57. The largest absolute Gasteiger partial charge is 0.471 e. The average Bonchev–Trinajstić information content (AvgIpc) is 2.26. The van der Waals surface area contributed by atoms with Crippen molar-refractivity contribution in [2.45, 2.75) is 18.9 Å². The van der Waals surface area contributed by atoms with E-state index in [0.29, 0.717) is 0 Å². The molecule has 1 saturated heterocycles. The van der Waals surface area contributed by atoms with E-state index in [1.165, 1.54) is 6.33 Å². The highest BCUT2D eigenvalue weighted by Crippen LogP contribution is 2.15. The molecule has 2 heterocycles. The van der Waals surface area contributed by atoms with Crippen molar-refractivity contribution in [1.82, 2.24) is 15.3 Å². The maximum absolute atomic E-state index is 11.2. The van der Waals surface area contributed by atoms with Crippen LogP contribution >= 0.6 is 0 Å². The number of nitrogens with two attached hydrogens (primary N) is 1. The van der Waals surface area contributed by atoms with Gasteiger partial charge in [-0.05, 0) is 19.4 Å². The van der Waals surface area contributed by atoms with Crippen LogP contribution in [-0.4, -0.2) is 29.2 Å². The first-order valence-electron chi connectivity index (χ1n) is 4.98. The SMILES string of the molecule is Nc1c(O[C@H]2CCCNC2)nc[nH]c1=O. The predicted molar refractivity (Wildman–Crippen MR) is 55.8 cm³/mol. The Morgan fingerprint density at radius 2 is 2.47 bits per heavy atom. The van der Waals surface area contributed by atoms with Crippen LogP contribution in [0.5, 0.6) is 5.88 Å². The number of nitrogen functional groups attached to an aromatic ring is 1. The lowest BCUT2D eigenvalue weighted by Crippen LogP contribution is -2.37. The van der Waals surface area contributed by atoms with Gasteiger partial charge in [0.1, 0.15) is 6.10 Å². The van der Waals surface area contributed by atoms with Crippen molar-refractivity contribution < 1.29 is 4.74 Å². The van der Waals surface area contributed by atoms with Gasteiger partial charge in [-0.25, -0.2) is 4.98 Å². The van der Waals surface area contributed by atoms with Crippen LogP contribution in [0.4, 0.5) is 5.69 Å². The molecule has 1 aliphatic rings. The third kappa shape index (κ3) is 2.27. The van der Waals surface area contributed by atoms with E-state index >= 15 is 0 Å². The standard InChI is InChI=1S/C9H14N4O2/c10-7-8(14)12-5-13-9(7)15-6-2-1-3-11-4-6/h5-6,11H,1-4,10H2,(H,12,13,14)/t6-/m0/s1. The van der Waals surface area contributed by atoms with Crippen molar-refractivity contribution in [3.63, 3.8) is 0 Å². The van der Waals surface area contributed by atoms with Crippen LogP contribution in [0.1, 0.15) is 12.8 Å². The minimum atomic E-state index is -0.358. The van der Waals surface area contributed by atoms with Gasteiger partial charge in [0.2, 0.25) is 5.88 Å². The Balaban J connectivity index is 2.09. The first-order valence-corrected chi connectivity index (χ1v) is 4.98. The van der Waals surface area contributed by atoms with Gasteiger partial charge in [-0.3, -0.25) is 4.79 Å². The van der Waals surface area contributed by atoms with Gasteiger partial charge < -0.3 is 20.8 Å². The van der Waals surface area contributed by atoms with E-state index in [-0.39, 0.29) is 23.2 Å². The molecule has 1 fully saturated rings. The Hall–Kier alpha value is -1.56. The molecule has 1 aromatic rings. The number of hydrogen-bond acceptors (Lipinski definition) is 5. The lowest BCUT2D eigenvalue weighted by Gasteiger charge is -2.23. The fraction of sp³-hybridized carbons (Fsp3) is 0.556. The van der Waals surface area contributed by atoms with Gasteiger partial charge in [-0.15, -0.1) is 0 Å². The third-order valence-corrected chi connectivity index (χ3v) is 2.38. The van der Waals surface area contributed by atoms with E-state index in [4.69, 9.17) is 10.5 Å². The molecule has 0 aromatic carbocycles. The first kappa shape index (κ1) is 9.97. The Labute approximate surface area is 86.9 Å². The van der Waals surface area contributed by atoms with Crippen LogP contribution in [0.25, 0.3) is 0 Å². The van der Waals surface area contributed by atoms with Crippen LogP contribution in [-0.2, 0) is 0 Å². The predicted octanol–water partition coefficient (Wildman–Crippen LogP) is -0.517. The van der Waals surface area contributed by atoms with Gasteiger partial charge in [0.25, 0.3) is 5.56 Å². The van der Waals surface area contributed by atoms with Crippen molar-refractivity contribution in [3.8, 4) is 5.88 Å². The highest BCUT2D eigenvalue weighted by Gasteiger charge is 2.16. The quantitative estimate of drug-likeness (QED) is 0.611. The molecular formula is C9H14N4O2. The van der Waals surface area contributed by atoms with Gasteiger partial charge in [0.15, 0.2) is 5.69 Å². The zero-order chi connectivity index (χ0) is 10.7. The molecule has 1 aliphatic heterocycles. The highest BCUT2D eigenvalue weighted by atomic mass is 16.5.